The molecule has 11 heteroatoms. The molecule has 0 saturated carbocycles. The second-order valence-electron chi connectivity index (χ2n) is 7.57. The van der Waals surface area contributed by atoms with Crippen molar-refractivity contribution in [3.05, 3.63) is 76.8 Å². The van der Waals surface area contributed by atoms with E-state index in [0.29, 0.717) is 33.1 Å². The Bertz CT molecular complexity index is 1740. The average Bonchev–Trinajstić information content (AvgIpc) is 3.22. The summed E-state index contributed by atoms with van der Waals surface area (Å²) in [5.41, 5.74) is 1.86. The molecule has 0 radical (unpaired) electrons. The van der Waals surface area contributed by atoms with Gasteiger partial charge in [0.05, 0.1) is 26.3 Å². The van der Waals surface area contributed by atoms with Crippen molar-refractivity contribution >= 4 is 37.6 Å². The SMILES string of the molecule is O=[N+]([O-])c1cccc(-c2cccc(-c3nc4c(ccc5cc(S(=O)(=O)O)cc(O)c54)[nH]3)c2O)c1. The summed E-state index contributed by atoms with van der Waals surface area (Å²) in [5.74, 6) is -0.266. The highest BCUT2D eigenvalue weighted by atomic mass is 32.2. The van der Waals surface area contributed by atoms with Crippen molar-refractivity contribution in [3.8, 4) is 34.0 Å². The van der Waals surface area contributed by atoms with Crippen LogP contribution in [0.1, 0.15) is 0 Å². The fourth-order valence-corrected chi connectivity index (χ4v) is 4.45. The lowest BCUT2D eigenvalue weighted by molar-refractivity contribution is -0.384. The highest BCUT2D eigenvalue weighted by Gasteiger charge is 2.19. The van der Waals surface area contributed by atoms with Gasteiger partial charge >= 0.3 is 0 Å². The number of benzene rings is 4. The van der Waals surface area contributed by atoms with Crippen LogP contribution >= 0.6 is 0 Å². The van der Waals surface area contributed by atoms with Gasteiger partial charge in [0.15, 0.2) is 0 Å². The van der Waals surface area contributed by atoms with E-state index >= 15 is 0 Å². The van der Waals surface area contributed by atoms with Gasteiger partial charge in [-0.3, -0.25) is 14.7 Å². The van der Waals surface area contributed by atoms with Crippen molar-refractivity contribution in [2.75, 3.05) is 0 Å². The molecule has 0 fully saturated rings. The Morgan fingerprint density at radius 1 is 0.941 bits per heavy atom. The maximum absolute atomic E-state index is 11.5. The summed E-state index contributed by atoms with van der Waals surface area (Å²) >= 11 is 0. The maximum atomic E-state index is 11.5. The number of non-ortho nitro benzene ring substituents is 1. The van der Waals surface area contributed by atoms with E-state index in [4.69, 9.17) is 0 Å². The lowest BCUT2D eigenvalue weighted by Gasteiger charge is -2.08. The monoisotopic (exact) mass is 477 g/mol. The highest BCUT2D eigenvalue weighted by Crippen LogP contribution is 2.40. The third-order valence-electron chi connectivity index (χ3n) is 5.48. The van der Waals surface area contributed by atoms with Gasteiger partial charge in [0.1, 0.15) is 22.8 Å². The molecule has 0 bridgehead atoms. The fraction of sp³-hybridized carbons (Fsp3) is 0. The van der Waals surface area contributed by atoms with Gasteiger partial charge in [0.25, 0.3) is 15.8 Å². The molecule has 0 aliphatic heterocycles. The summed E-state index contributed by atoms with van der Waals surface area (Å²) in [5, 5.41) is 33.2. The van der Waals surface area contributed by atoms with Gasteiger partial charge in [-0.15, -0.1) is 0 Å². The zero-order valence-corrected chi connectivity index (χ0v) is 17.9. The quantitative estimate of drug-likeness (QED) is 0.165. The maximum Gasteiger partial charge on any atom is 0.294 e. The molecule has 0 aliphatic rings. The Morgan fingerprint density at radius 3 is 2.41 bits per heavy atom. The molecule has 0 unspecified atom stereocenters. The summed E-state index contributed by atoms with van der Waals surface area (Å²) < 4.78 is 32.3. The summed E-state index contributed by atoms with van der Waals surface area (Å²) in [6.07, 6.45) is 0. The average molecular weight is 477 g/mol. The molecule has 0 atom stereocenters. The number of aromatic nitrogens is 2. The summed E-state index contributed by atoms with van der Waals surface area (Å²) in [6.45, 7) is 0. The third-order valence-corrected chi connectivity index (χ3v) is 6.31. The molecule has 170 valence electrons. The largest absolute Gasteiger partial charge is 0.507 e. The van der Waals surface area contributed by atoms with Crippen LogP contribution in [0.2, 0.25) is 0 Å². The van der Waals surface area contributed by atoms with E-state index in [1.807, 2.05) is 0 Å². The van der Waals surface area contributed by atoms with Gasteiger partial charge in [-0.1, -0.05) is 30.3 Å². The van der Waals surface area contributed by atoms with E-state index in [0.717, 1.165) is 6.07 Å². The lowest BCUT2D eigenvalue weighted by atomic mass is 10.0. The van der Waals surface area contributed by atoms with Crippen LogP contribution in [0.5, 0.6) is 11.5 Å². The zero-order valence-electron chi connectivity index (χ0n) is 17.1. The van der Waals surface area contributed by atoms with Crippen LogP contribution in [0.25, 0.3) is 44.3 Å². The Balaban J connectivity index is 1.68. The number of nitro benzene ring substituents is 1. The molecule has 0 saturated heterocycles. The van der Waals surface area contributed by atoms with Crippen molar-refractivity contribution in [3.63, 3.8) is 0 Å². The van der Waals surface area contributed by atoms with Crippen LogP contribution < -0.4 is 0 Å². The standard InChI is InChI=1S/C23H15N3O7S/c27-19-11-15(34(31,32)33)10-13-7-8-18-21(20(13)19)25-23(24-18)17-6-2-5-16(22(17)28)12-3-1-4-14(9-12)26(29)30/h1-11,27-28H,(H,24,25)(H,31,32,33). The van der Waals surface area contributed by atoms with Crippen molar-refractivity contribution in [1.82, 2.24) is 9.97 Å². The first-order valence-corrected chi connectivity index (χ1v) is 11.3. The van der Waals surface area contributed by atoms with Crippen LogP contribution in [0.4, 0.5) is 5.69 Å². The normalized spacial score (nSPS) is 11.8. The fourth-order valence-electron chi connectivity index (χ4n) is 3.91. The number of nitro groups is 1. The molecule has 5 rings (SSSR count). The summed E-state index contributed by atoms with van der Waals surface area (Å²) in [7, 11) is -4.52. The van der Waals surface area contributed by atoms with Crippen LogP contribution in [0, 0.1) is 10.1 Å². The van der Waals surface area contributed by atoms with E-state index in [-0.39, 0.29) is 28.4 Å². The number of imidazole rings is 1. The lowest BCUT2D eigenvalue weighted by Crippen LogP contribution is -1.97. The number of hydrogen-bond donors (Lipinski definition) is 4. The van der Waals surface area contributed by atoms with Gasteiger partial charge < -0.3 is 15.2 Å². The minimum atomic E-state index is -4.52. The number of nitrogens with zero attached hydrogens (tertiary/aromatic N) is 2. The number of phenols is 2. The molecular formula is C23H15N3O7S. The minimum Gasteiger partial charge on any atom is -0.507 e. The van der Waals surface area contributed by atoms with Gasteiger partial charge in [-0.25, -0.2) is 4.98 Å². The first-order valence-electron chi connectivity index (χ1n) is 9.83. The second kappa shape index (κ2) is 7.54. The number of fused-ring (bicyclic) bond motifs is 3. The Kier molecular flexibility index (Phi) is 4.74. The van der Waals surface area contributed by atoms with Crippen LogP contribution in [0.3, 0.4) is 0 Å². The number of nitrogens with one attached hydrogen (secondary N) is 1. The minimum absolute atomic E-state index is 0.114. The molecule has 4 aromatic carbocycles. The molecular weight excluding hydrogens is 462 g/mol. The molecule has 4 N–H and O–H groups in total. The number of para-hydroxylation sites is 1. The van der Waals surface area contributed by atoms with E-state index in [1.54, 1.807) is 36.4 Å². The molecule has 34 heavy (non-hydrogen) atoms. The predicted octanol–water partition coefficient (Wildman–Crippen LogP) is 4.62. The topological polar surface area (TPSA) is 167 Å². The van der Waals surface area contributed by atoms with E-state index in [1.165, 1.54) is 24.3 Å². The molecule has 10 nitrogen and oxygen atoms in total. The van der Waals surface area contributed by atoms with Gasteiger partial charge in [-0.05, 0) is 29.1 Å². The third kappa shape index (κ3) is 3.49. The summed E-state index contributed by atoms with van der Waals surface area (Å²) in [4.78, 5) is 17.7. The van der Waals surface area contributed by atoms with Crippen molar-refractivity contribution in [1.29, 1.82) is 0 Å². The molecule has 1 aromatic heterocycles. The van der Waals surface area contributed by atoms with Crippen molar-refractivity contribution in [2.24, 2.45) is 0 Å². The predicted molar refractivity (Wildman–Crippen MR) is 124 cm³/mol. The van der Waals surface area contributed by atoms with Crippen LogP contribution in [0.15, 0.2) is 71.6 Å². The molecule has 0 amide bonds. The Labute approximate surface area is 191 Å². The number of phenolic OH excluding ortho intramolecular Hbond substituents is 2. The number of aromatic amines is 1. The molecule has 0 aliphatic carbocycles. The second-order valence-corrected chi connectivity index (χ2v) is 8.99. The summed E-state index contributed by atoms with van der Waals surface area (Å²) in [6, 6.07) is 16.1. The van der Waals surface area contributed by atoms with Crippen LogP contribution in [-0.2, 0) is 10.1 Å². The van der Waals surface area contributed by atoms with Crippen LogP contribution in [-0.4, -0.2) is 38.1 Å². The van der Waals surface area contributed by atoms with E-state index in [9.17, 15) is 33.3 Å². The molecule has 0 spiro atoms. The number of hydrogen-bond acceptors (Lipinski definition) is 7. The zero-order chi connectivity index (χ0) is 24.2. The van der Waals surface area contributed by atoms with Gasteiger partial charge in [-0.2, -0.15) is 8.42 Å². The van der Waals surface area contributed by atoms with Gasteiger partial charge in [0.2, 0.25) is 0 Å². The highest BCUT2D eigenvalue weighted by molar-refractivity contribution is 7.85. The van der Waals surface area contributed by atoms with E-state index in [2.05, 4.69) is 9.97 Å². The Hall–Kier alpha value is -4.48. The van der Waals surface area contributed by atoms with Crippen molar-refractivity contribution < 1.29 is 28.1 Å². The smallest absolute Gasteiger partial charge is 0.294 e. The number of H-pyrrole nitrogens is 1. The molecule has 1 heterocycles. The first-order chi connectivity index (χ1) is 16.1. The first kappa shape index (κ1) is 21.4. The molecule has 5 aromatic rings. The van der Waals surface area contributed by atoms with E-state index < -0.39 is 19.9 Å². The number of rotatable bonds is 4. The van der Waals surface area contributed by atoms with Gasteiger partial charge in [0, 0.05) is 23.8 Å². The number of aromatic hydroxyl groups is 2. The van der Waals surface area contributed by atoms with Crippen molar-refractivity contribution in [2.45, 2.75) is 4.90 Å². The Morgan fingerprint density at radius 2 is 1.68 bits per heavy atom.